The van der Waals surface area contributed by atoms with Crippen molar-refractivity contribution in [1.82, 2.24) is 15.0 Å². The molecule has 3 amide bonds. The number of nitrogens with zero attached hydrogens (tertiary/aromatic N) is 3. The number of hydrogen-bond donors (Lipinski definition) is 4. The third-order valence-corrected chi connectivity index (χ3v) is 7.40. The van der Waals surface area contributed by atoms with Crippen molar-refractivity contribution >= 4 is 39.2 Å². The van der Waals surface area contributed by atoms with Gasteiger partial charge in [-0.25, -0.2) is 9.78 Å². The highest BCUT2D eigenvalue weighted by Crippen LogP contribution is 2.39. The zero-order valence-corrected chi connectivity index (χ0v) is 28.8. The third kappa shape index (κ3) is 10.8. The molecule has 1 aromatic carbocycles. The van der Waals surface area contributed by atoms with Crippen LogP contribution in [0.4, 0.5) is 22.0 Å². The number of likely N-dealkylation sites (tertiary alicyclic amines) is 1. The molecule has 4 N–H and O–H groups in total. The average Bonchev–Trinajstić information content (AvgIpc) is 3.37. The van der Waals surface area contributed by atoms with Gasteiger partial charge in [-0.15, -0.1) is 0 Å². The van der Waals surface area contributed by atoms with Gasteiger partial charge in [0.1, 0.15) is 23.3 Å². The highest BCUT2D eigenvalue weighted by atomic mass is 32.2. The first-order valence-corrected chi connectivity index (χ1v) is 16.8. The van der Waals surface area contributed by atoms with Gasteiger partial charge >= 0.3 is 6.03 Å². The second-order valence-corrected chi connectivity index (χ2v) is 15.0. The summed E-state index contributed by atoms with van der Waals surface area (Å²) in [7, 11) is -3.67. The number of urea groups is 1. The van der Waals surface area contributed by atoms with Crippen LogP contribution in [0.15, 0.2) is 53.2 Å². The maximum Gasteiger partial charge on any atom is 0.324 e. The number of carbonyl (C=O) groups is 2. The van der Waals surface area contributed by atoms with Crippen molar-refractivity contribution in [2.75, 3.05) is 28.8 Å². The molecule has 14 heteroatoms. The summed E-state index contributed by atoms with van der Waals surface area (Å²) < 4.78 is 37.5. The Hall–Kier alpha value is -4.01. The van der Waals surface area contributed by atoms with Gasteiger partial charge < -0.3 is 19.9 Å². The van der Waals surface area contributed by atoms with E-state index in [1.807, 2.05) is 20.8 Å². The molecule has 0 bridgehead atoms. The van der Waals surface area contributed by atoms with Crippen LogP contribution in [0.1, 0.15) is 84.5 Å². The minimum Gasteiger partial charge on any atom is -0.489 e. The molecule has 2 aromatic heterocycles. The Morgan fingerprint density at radius 2 is 1.54 bits per heavy atom. The van der Waals surface area contributed by atoms with Crippen molar-refractivity contribution in [3.63, 3.8) is 0 Å². The summed E-state index contributed by atoms with van der Waals surface area (Å²) >= 11 is 0. The highest BCUT2D eigenvalue weighted by Gasteiger charge is 2.45. The molecule has 0 saturated carbocycles. The van der Waals surface area contributed by atoms with Crippen LogP contribution in [0.3, 0.4) is 0 Å². The standard InChI is InChI=1S/C31H42N6O4.CH4O3S/c1-9-37-30(5,6)17-23(18-31(37,7)8)40-22-14-15-24(32-19-22)27(38)33-20-10-12-21(13-11-20)34-28(39)35-26-16-25(41-36-26)29(2,3)4;1-5(2,3)4/h10-16,19,23H,9,17-18H2,1-8H3,(H,33,38)(H2,34,35,36,39);1H3,(H,2,3,4). The molecule has 13 nitrogen and oxygen atoms in total. The van der Waals surface area contributed by atoms with Crippen LogP contribution < -0.4 is 20.7 Å². The van der Waals surface area contributed by atoms with Crippen LogP contribution >= 0.6 is 0 Å². The van der Waals surface area contributed by atoms with E-state index in [9.17, 15) is 18.0 Å². The highest BCUT2D eigenvalue weighted by molar-refractivity contribution is 7.85. The Labute approximate surface area is 271 Å². The molecule has 0 unspecified atom stereocenters. The number of benzene rings is 1. The van der Waals surface area contributed by atoms with Crippen molar-refractivity contribution in [3.05, 3.63) is 60.1 Å². The smallest absolute Gasteiger partial charge is 0.324 e. The summed E-state index contributed by atoms with van der Waals surface area (Å²) in [4.78, 5) is 32.0. The van der Waals surface area contributed by atoms with Crippen LogP contribution in [0.2, 0.25) is 0 Å². The maximum absolute atomic E-state index is 12.8. The fourth-order valence-electron chi connectivity index (χ4n) is 5.74. The van der Waals surface area contributed by atoms with E-state index in [1.54, 1.807) is 48.7 Å². The summed E-state index contributed by atoms with van der Waals surface area (Å²) in [5, 5.41) is 12.1. The molecule has 252 valence electrons. The van der Waals surface area contributed by atoms with E-state index >= 15 is 0 Å². The molecule has 46 heavy (non-hydrogen) atoms. The van der Waals surface area contributed by atoms with Gasteiger partial charge in [-0.1, -0.05) is 32.9 Å². The fourth-order valence-corrected chi connectivity index (χ4v) is 5.74. The van der Waals surface area contributed by atoms with Crippen molar-refractivity contribution in [2.45, 2.75) is 90.8 Å². The van der Waals surface area contributed by atoms with Crippen LogP contribution in [0.25, 0.3) is 0 Å². The minimum absolute atomic E-state index is 0.0243. The summed E-state index contributed by atoms with van der Waals surface area (Å²) in [5.74, 6) is 1.31. The van der Waals surface area contributed by atoms with E-state index in [1.165, 1.54) is 0 Å². The van der Waals surface area contributed by atoms with Crippen LogP contribution in [-0.4, -0.2) is 69.9 Å². The Balaban J connectivity index is 0.00000107. The first-order valence-electron chi connectivity index (χ1n) is 15.0. The quantitative estimate of drug-likeness (QED) is 0.214. The van der Waals surface area contributed by atoms with Crippen LogP contribution in [0.5, 0.6) is 5.75 Å². The molecular formula is C32H46N6O7S. The van der Waals surface area contributed by atoms with E-state index in [2.05, 4.69) is 65.6 Å². The predicted octanol–water partition coefficient (Wildman–Crippen LogP) is 6.19. The summed E-state index contributed by atoms with van der Waals surface area (Å²) in [5.41, 5.74) is 1.24. The van der Waals surface area contributed by atoms with Crippen molar-refractivity contribution in [2.24, 2.45) is 0 Å². The number of nitrogens with one attached hydrogen (secondary N) is 3. The molecule has 1 aliphatic rings. The number of ether oxygens (including phenoxy) is 1. The topological polar surface area (TPSA) is 176 Å². The number of carbonyl (C=O) groups excluding carboxylic acids is 2. The molecule has 0 aliphatic carbocycles. The first-order chi connectivity index (χ1) is 21.2. The lowest BCUT2D eigenvalue weighted by Gasteiger charge is -2.54. The molecule has 3 aromatic rings. The second kappa shape index (κ2) is 14.2. The lowest BCUT2D eigenvalue weighted by Crippen LogP contribution is -2.62. The number of aromatic nitrogens is 2. The van der Waals surface area contributed by atoms with E-state index in [-0.39, 0.29) is 34.2 Å². The van der Waals surface area contributed by atoms with Gasteiger partial charge in [0.25, 0.3) is 16.0 Å². The summed E-state index contributed by atoms with van der Waals surface area (Å²) in [6, 6.07) is 11.5. The van der Waals surface area contributed by atoms with Crippen LogP contribution in [0, 0.1) is 0 Å². The van der Waals surface area contributed by atoms with Gasteiger partial charge in [0.2, 0.25) is 0 Å². The Morgan fingerprint density at radius 3 is 2.00 bits per heavy atom. The fraction of sp³-hybridized carbons (Fsp3) is 0.500. The number of rotatable bonds is 7. The largest absolute Gasteiger partial charge is 0.489 e. The molecule has 1 aliphatic heterocycles. The van der Waals surface area contributed by atoms with Gasteiger partial charge in [0.05, 0.1) is 12.5 Å². The van der Waals surface area contributed by atoms with Gasteiger partial charge in [-0.2, -0.15) is 8.42 Å². The van der Waals surface area contributed by atoms with Gasteiger partial charge in [0, 0.05) is 46.8 Å². The number of hydrogen-bond acceptors (Lipinski definition) is 9. The SMILES string of the molecule is CCN1C(C)(C)CC(Oc2ccc(C(=O)Nc3ccc(NC(=O)Nc4cc(C(C)(C)C)on4)cc3)nc2)CC1(C)C.CS(=O)(=O)O. The zero-order chi connectivity index (χ0) is 34.5. The van der Waals surface area contributed by atoms with E-state index in [0.29, 0.717) is 35.0 Å². The van der Waals surface area contributed by atoms with Gasteiger partial charge in [-0.3, -0.25) is 19.6 Å². The zero-order valence-electron chi connectivity index (χ0n) is 28.0. The average molecular weight is 659 g/mol. The molecule has 0 spiro atoms. The Bertz CT molecular complexity index is 1570. The van der Waals surface area contributed by atoms with Gasteiger partial charge in [0.15, 0.2) is 5.82 Å². The molecule has 3 heterocycles. The maximum atomic E-state index is 12.8. The minimum atomic E-state index is -3.67. The number of pyridine rings is 1. The lowest BCUT2D eigenvalue weighted by molar-refractivity contribution is -0.0697. The molecule has 1 saturated heterocycles. The molecular weight excluding hydrogens is 612 g/mol. The third-order valence-electron chi connectivity index (χ3n) is 7.40. The summed E-state index contributed by atoms with van der Waals surface area (Å²) in [6.45, 7) is 18.2. The number of anilines is 3. The summed E-state index contributed by atoms with van der Waals surface area (Å²) in [6.07, 6.45) is 4.21. The number of piperidine rings is 1. The molecule has 4 rings (SSSR count). The van der Waals surface area contributed by atoms with E-state index in [4.69, 9.17) is 13.8 Å². The Morgan fingerprint density at radius 1 is 1.00 bits per heavy atom. The van der Waals surface area contributed by atoms with Crippen LogP contribution in [-0.2, 0) is 15.5 Å². The van der Waals surface area contributed by atoms with Crippen molar-refractivity contribution in [3.8, 4) is 5.75 Å². The second-order valence-electron chi connectivity index (χ2n) is 13.6. The van der Waals surface area contributed by atoms with Crippen molar-refractivity contribution in [1.29, 1.82) is 0 Å². The molecule has 0 atom stereocenters. The monoisotopic (exact) mass is 658 g/mol. The number of amides is 3. The normalized spacial score (nSPS) is 16.5. The van der Waals surface area contributed by atoms with E-state index in [0.717, 1.165) is 19.4 Å². The van der Waals surface area contributed by atoms with Crippen molar-refractivity contribution < 1.29 is 31.8 Å². The Kier molecular flexibility index (Phi) is 11.2. The first kappa shape index (κ1) is 36.5. The molecule has 0 radical (unpaired) electrons. The van der Waals surface area contributed by atoms with E-state index < -0.39 is 16.1 Å². The van der Waals surface area contributed by atoms with Gasteiger partial charge in [-0.05, 0) is 70.6 Å². The lowest BCUT2D eigenvalue weighted by atomic mass is 9.78. The molecule has 1 fully saturated rings. The predicted molar refractivity (Wildman–Crippen MR) is 178 cm³/mol.